The molecule has 102 valence electrons. The molecule has 1 aromatic carbocycles. The molecular weight excluding hydrogens is 308 g/mol. The zero-order valence-electron chi connectivity index (χ0n) is 9.82. The van der Waals surface area contributed by atoms with Gasteiger partial charge < -0.3 is 10.8 Å². The zero-order valence-corrected chi connectivity index (χ0v) is 12.1. The van der Waals surface area contributed by atoms with Gasteiger partial charge in [-0.25, -0.2) is 4.39 Å². The van der Waals surface area contributed by atoms with Gasteiger partial charge >= 0.3 is 0 Å². The van der Waals surface area contributed by atoms with Gasteiger partial charge in [-0.15, -0.1) is 11.3 Å². The van der Waals surface area contributed by atoms with Gasteiger partial charge in [0.25, 0.3) is 0 Å². The molecule has 0 saturated heterocycles. The first kappa shape index (κ1) is 14.8. The Kier molecular flexibility index (Phi) is 4.81. The van der Waals surface area contributed by atoms with Crippen LogP contribution in [0.25, 0.3) is 0 Å². The third-order valence-corrected chi connectivity index (χ3v) is 4.67. The first-order valence-electron chi connectivity index (χ1n) is 5.60. The number of hydrogen-bond donors (Lipinski definition) is 2. The van der Waals surface area contributed by atoms with E-state index in [9.17, 15) is 9.50 Å². The number of benzene rings is 1. The van der Waals surface area contributed by atoms with Gasteiger partial charge in [0.2, 0.25) is 0 Å². The fraction of sp³-hybridized carbons (Fsp3) is 0.231. The summed E-state index contributed by atoms with van der Waals surface area (Å²) in [6.45, 7) is 0.181. The molecule has 0 radical (unpaired) electrons. The van der Waals surface area contributed by atoms with E-state index in [4.69, 9.17) is 28.9 Å². The summed E-state index contributed by atoms with van der Waals surface area (Å²) < 4.78 is 13.1. The average Bonchev–Trinajstić information content (AvgIpc) is 2.78. The molecule has 0 spiro atoms. The summed E-state index contributed by atoms with van der Waals surface area (Å²) >= 11 is 13.4. The Bertz CT molecular complexity index is 576. The highest BCUT2D eigenvalue weighted by atomic mass is 35.5. The first-order chi connectivity index (χ1) is 9.04. The molecular formula is C13H12Cl2FNOS. The molecule has 0 saturated carbocycles. The molecule has 3 N–H and O–H groups in total. The quantitative estimate of drug-likeness (QED) is 0.895. The Hall–Kier alpha value is -0.650. The van der Waals surface area contributed by atoms with E-state index in [2.05, 4.69) is 0 Å². The number of thiophene rings is 1. The molecule has 19 heavy (non-hydrogen) atoms. The molecule has 2 rings (SSSR count). The second-order valence-electron chi connectivity index (χ2n) is 4.09. The standard InChI is InChI=1S/C13H12Cl2FNOS/c14-10-3-4-19-13(10)12(18)9(6-17)8-2-1-7(16)5-11(8)15/h1-5,9,12,18H,6,17H2. The van der Waals surface area contributed by atoms with Crippen molar-refractivity contribution in [3.63, 3.8) is 0 Å². The van der Waals surface area contributed by atoms with Crippen LogP contribution in [0.3, 0.4) is 0 Å². The highest BCUT2D eigenvalue weighted by Crippen LogP contribution is 2.39. The van der Waals surface area contributed by atoms with Crippen molar-refractivity contribution in [3.05, 3.63) is 55.9 Å². The molecule has 0 aliphatic carbocycles. The smallest absolute Gasteiger partial charge is 0.124 e. The molecule has 2 atom stereocenters. The molecule has 0 aliphatic rings. The van der Waals surface area contributed by atoms with Crippen LogP contribution < -0.4 is 5.73 Å². The molecule has 6 heteroatoms. The lowest BCUT2D eigenvalue weighted by Gasteiger charge is -2.22. The van der Waals surface area contributed by atoms with E-state index in [1.807, 2.05) is 0 Å². The number of aliphatic hydroxyl groups is 1. The van der Waals surface area contributed by atoms with E-state index in [1.54, 1.807) is 17.5 Å². The lowest BCUT2D eigenvalue weighted by Crippen LogP contribution is -2.20. The summed E-state index contributed by atoms with van der Waals surface area (Å²) in [5, 5.41) is 12.9. The summed E-state index contributed by atoms with van der Waals surface area (Å²) in [4.78, 5) is 0.637. The van der Waals surface area contributed by atoms with Gasteiger partial charge in [0.05, 0.1) is 16.0 Å². The molecule has 0 amide bonds. The topological polar surface area (TPSA) is 46.2 Å². The molecule has 0 bridgehead atoms. The van der Waals surface area contributed by atoms with Crippen LogP contribution in [0.2, 0.25) is 10.0 Å². The van der Waals surface area contributed by atoms with E-state index in [1.165, 1.54) is 23.5 Å². The van der Waals surface area contributed by atoms with Crippen molar-refractivity contribution in [3.8, 4) is 0 Å². The minimum Gasteiger partial charge on any atom is -0.387 e. The maximum atomic E-state index is 13.1. The number of aliphatic hydroxyl groups excluding tert-OH is 1. The van der Waals surface area contributed by atoms with Crippen LogP contribution in [0.4, 0.5) is 4.39 Å². The van der Waals surface area contributed by atoms with Gasteiger partial charge in [-0.2, -0.15) is 0 Å². The number of halogens is 3. The molecule has 2 unspecified atom stereocenters. The number of hydrogen-bond acceptors (Lipinski definition) is 3. The van der Waals surface area contributed by atoms with Gasteiger partial charge in [-0.05, 0) is 29.1 Å². The van der Waals surface area contributed by atoms with E-state index in [-0.39, 0.29) is 11.6 Å². The minimum atomic E-state index is -0.861. The van der Waals surface area contributed by atoms with E-state index in [0.717, 1.165) is 0 Å². The van der Waals surface area contributed by atoms with Crippen molar-refractivity contribution in [1.82, 2.24) is 0 Å². The van der Waals surface area contributed by atoms with Crippen molar-refractivity contribution in [1.29, 1.82) is 0 Å². The molecule has 2 nitrogen and oxygen atoms in total. The highest BCUT2D eigenvalue weighted by molar-refractivity contribution is 7.10. The van der Waals surface area contributed by atoms with Gasteiger partial charge in [0.15, 0.2) is 0 Å². The SMILES string of the molecule is NCC(c1ccc(F)cc1Cl)C(O)c1sccc1Cl. The van der Waals surface area contributed by atoms with E-state index in [0.29, 0.717) is 15.5 Å². The molecule has 1 aromatic heterocycles. The van der Waals surface area contributed by atoms with Gasteiger partial charge in [-0.1, -0.05) is 29.3 Å². The largest absolute Gasteiger partial charge is 0.387 e. The summed E-state index contributed by atoms with van der Waals surface area (Å²) in [6.07, 6.45) is -0.861. The second kappa shape index (κ2) is 6.20. The lowest BCUT2D eigenvalue weighted by atomic mass is 9.92. The lowest BCUT2D eigenvalue weighted by molar-refractivity contribution is 0.151. The van der Waals surface area contributed by atoms with Gasteiger partial charge in [0, 0.05) is 17.5 Å². The Morgan fingerprint density at radius 3 is 2.53 bits per heavy atom. The number of rotatable bonds is 4. The summed E-state index contributed by atoms with van der Waals surface area (Å²) in [5.41, 5.74) is 6.33. The molecule has 1 heterocycles. The van der Waals surface area contributed by atoms with Gasteiger partial charge in [-0.3, -0.25) is 0 Å². The predicted octanol–water partition coefficient (Wildman–Crippen LogP) is 3.97. The second-order valence-corrected chi connectivity index (χ2v) is 5.85. The van der Waals surface area contributed by atoms with E-state index >= 15 is 0 Å². The molecule has 0 fully saturated rings. The monoisotopic (exact) mass is 319 g/mol. The maximum absolute atomic E-state index is 13.1. The van der Waals surface area contributed by atoms with E-state index < -0.39 is 17.8 Å². The molecule has 0 aliphatic heterocycles. The Labute approximate surface area is 124 Å². The van der Waals surface area contributed by atoms with Crippen LogP contribution in [-0.2, 0) is 0 Å². The van der Waals surface area contributed by atoms with Crippen LogP contribution >= 0.6 is 34.5 Å². The number of nitrogens with two attached hydrogens (primary N) is 1. The maximum Gasteiger partial charge on any atom is 0.124 e. The van der Waals surface area contributed by atoms with Crippen molar-refractivity contribution in [2.75, 3.05) is 6.54 Å². The third kappa shape index (κ3) is 3.09. The minimum absolute atomic E-state index is 0.181. The highest BCUT2D eigenvalue weighted by Gasteiger charge is 2.26. The first-order valence-corrected chi connectivity index (χ1v) is 7.24. The Balaban J connectivity index is 2.37. The zero-order chi connectivity index (χ0) is 14.0. The van der Waals surface area contributed by atoms with Crippen LogP contribution in [0.15, 0.2) is 29.6 Å². The summed E-state index contributed by atoms with van der Waals surface area (Å²) in [5.74, 6) is -0.850. The fourth-order valence-corrected chi connectivity index (χ4v) is 3.45. The third-order valence-electron chi connectivity index (χ3n) is 2.91. The molecule has 2 aromatic rings. The predicted molar refractivity (Wildman–Crippen MR) is 77.5 cm³/mol. The van der Waals surface area contributed by atoms with Gasteiger partial charge in [0.1, 0.15) is 5.82 Å². The van der Waals surface area contributed by atoms with Crippen molar-refractivity contribution >= 4 is 34.5 Å². The Morgan fingerprint density at radius 2 is 2.00 bits per heavy atom. The normalized spacial score (nSPS) is 14.4. The van der Waals surface area contributed by atoms with Crippen molar-refractivity contribution < 1.29 is 9.50 Å². The van der Waals surface area contributed by atoms with Crippen LogP contribution in [0.1, 0.15) is 22.5 Å². The summed E-state index contributed by atoms with van der Waals surface area (Å²) in [6, 6.07) is 5.76. The van der Waals surface area contributed by atoms with Crippen LogP contribution in [0, 0.1) is 5.82 Å². The summed E-state index contributed by atoms with van der Waals surface area (Å²) in [7, 11) is 0. The van der Waals surface area contributed by atoms with Crippen LogP contribution in [0.5, 0.6) is 0 Å². The van der Waals surface area contributed by atoms with Crippen molar-refractivity contribution in [2.45, 2.75) is 12.0 Å². The van der Waals surface area contributed by atoms with Crippen molar-refractivity contribution in [2.24, 2.45) is 5.73 Å². The average molecular weight is 320 g/mol. The Morgan fingerprint density at radius 1 is 1.26 bits per heavy atom. The fourth-order valence-electron chi connectivity index (χ4n) is 1.93. The van der Waals surface area contributed by atoms with Crippen LogP contribution in [-0.4, -0.2) is 11.7 Å².